The second-order valence-electron chi connectivity index (χ2n) is 8.12. The minimum atomic E-state index is -4.44. The molecule has 2 heterocycles. The third-order valence-electron chi connectivity index (χ3n) is 5.73. The maximum Gasteiger partial charge on any atom is 0.417 e. The van der Waals surface area contributed by atoms with Gasteiger partial charge in [-0.2, -0.15) is 13.2 Å². The van der Waals surface area contributed by atoms with Crippen molar-refractivity contribution in [3.63, 3.8) is 0 Å². The molecule has 5 nitrogen and oxygen atoms in total. The smallest absolute Gasteiger partial charge is 0.417 e. The van der Waals surface area contributed by atoms with Gasteiger partial charge in [0, 0.05) is 37.0 Å². The standard InChI is InChI=1S/C26H23F3N2O3/c1-17-4-2-3-5-22(17)18-6-9-23(19(14-18)7-11-25(32)33)31-13-12-21(16-31)34-24-10-8-20(15-30-24)26(27,28)29/h2-11,14-15,21H,12-13,16H2,1H3,(H,32,33)/t21-/m0/s1. The maximum atomic E-state index is 12.7. The van der Waals surface area contributed by atoms with Crippen LogP contribution in [0.5, 0.6) is 5.88 Å². The van der Waals surface area contributed by atoms with Gasteiger partial charge in [0.15, 0.2) is 0 Å². The Hall–Kier alpha value is -3.81. The number of carboxylic acids is 1. The molecule has 8 heteroatoms. The zero-order chi connectivity index (χ0) is 24.3. The first-order valence-electron chi connectivity index (χ1n) is 10.8. The normalized spacial score (nSPS) is 16.2. The number of carboxylic acid groups (broad SMARTS) is 1. The number of hydrogen-bond donors (Lipinski definition) is 1. The van der Waals surface area contributed by atoms with Crippen molar-refractivity contribution < 1.29 is 27.8 Å². The summed E-state index contributed by atoms with van der Waals surface area (Å²) in [5.74, 6) is -0.899. The van der Waals surface area contributed by atoms with E-state index in [9.17, 15) is 18.0 Å². The number of carbonyl (C=O) groups is 1. The molecule has 1 saturated heterocycles. The summed E-state index contributed by atoms with van der Waals surface area (Å²) in [6.07, 6.45) is -0.593. The highest BCUT2D eigenvalue weighted by Crippen LogP contribution is 2.33. The Morgan fingerprint density at radius 3 is 2.65 bits per heavy atom. The molecule has 3 aromatic rings. The molecule has 34 heavy (non-hydrogen) atoms. The fourth-order valence-electron chi connectivity index (χ4n) is 4.03. The lowest BCUT2D eigenvalue weighted by Crippen LogP contribution is -2.25. The van der Waals surface area contributed by atoms with E-state index in [4.69, 9.17) is 9.84 Å². The lowest BCUT2D eigenvalue weighted by atomic mass is 9.97. The Labute approximate surface area is 195 Å². The molecule has 1 N–H and O–H groups in total. The van der Waals surface area contributed by atoms with E-state index in [-0.39, 0.29) is 12.0 Å². The van der Waals surface area contributed by atoms with Gasteiger partial charge in [-0.25, -0.2) is 9.78 Å². The second kappa shape index (κ2) is 9.59. The van der Waals surface area contributed by atoms with E-state index in [2.05, 4.69) is 9.88 Å². The quantitative estimate of drug-likeness (QED) is 0.461. The van der Waals surface area contributed by atoms with E-state index >= 15 is 0 Å². The fraction of sp³-hybridized carbons (Fsp3) is 0.231. The first-order valence-corrected chi connectivity index (χ1v) is 10.8. The van der Waals surface area contributed by atoms with E-state index in [1.165, 1.54) is 6.07 Å². The summed E-state index contributed by atoms with van der Waals surface area (Å²) in [6.45, 7) is 3.18. The highest BCUT2D eigenvalue weighted by atomic mass is 19.4. The van der Waals surface area contributed by atoms with Gasteiger partial charge in [0.2, 0.25) is 5.88 Å². The van der Waals surface area contributed by atoms with Gasteiger partial charge >= 0.3 is 12.1 Å². The van der Waals surface area contributed by atoms with Crippen molar-refractivity contribution in [1.29, 1.82) is 0 Å². The van der Waals surface area contributed by atoms with Crippen LogP contribution in [0.1, 0.15) is 23.1 Å². The van der Waals surface area contributed by atoms with Gasteiger partial charge in [0.25, 0.3) is 0 Å². The molecular formula is C26H23F3N2O3. The Kier molecular flexibility index (Phi) is 6.58. The van der Waals surface area contributed by atoms with E-state index in [0.29, 0.717) is 19.5 Å². The number of aryl methyl sites for hydroxylation is 1. The molecule has 176 valence electrons. The number of benzene rings is 2. The van der Waals surface area contributed by atoms with E-state index in [1.54, 1.807) is 6.08 Å². The van der Waals surface area contributed by atoms with Gasteiger partial charge in [-0.3, -0.25) is 0 Å². The molecule has 0 radical (unpaired) electrons. The minimum absolute atomic E-state index is 0.140. The molecule has 1 aliphatic heterocycles. The number of aliphatic carboxylic acids is 1. The van der Waals surface area contributed by atoms with E-state index in [1.807, 2.05) is 49.4 Å². The number of rotatable bonds is 6. The van der Waals surface area contributed by atoms with Gasteiger partial charge in [-0.05, 0) is 53.5 Å². The predicted octanol–water partition coefficient (Wildman–Crippen LogP) is 5.83. The summed E-state index contributed by atoms with van der Waals surface area (Å²) >= 11 is 0. The number of hydrogen-bond acceptors (Lipinski definition) is 4. The number of halogens is 3. The first-order chi connectivity index (χ1) is 16.2. The Bertz CT molecular complexity index is 1210. The van der Waals surface area contributed by atoms with Crippen LogP contribution in [0.15, 0.2) is 66.9 Å². The summed E-state index contributed by atoms with van der Waals surface area (Å²) in [4.78, 5) is 17.0. The van der Waals surface area contributed by atoms with Crippen molar-refractivity contribution >= 4 is 17.7 Å². The summed E-state index contributed by atoms with van der Waals surface area (Å²) in [7, 11) is 0. The molecular weight excluding hydrogens is 445 g/mol. The van der Waals surface area contributed by atoms with Crippen LogP contribution in [-0.2, 0) is 11.0 Å². The number of anilines is 1. The average molecular weight is 468 g/mol. The number of nitrogens with zero attached hydrogens (tertiary/aromatic N) is 2. The van der Waals surface area contributed by atoms with Crippen molar-refractivity contribution in [2.75, 3.05) is 18.0 Å². The third kappa shape index (κ3) is 5.39. The molecule has 0 aliphatic carbocycles. The van der Waals surface area contributed by atoms with Crippen LogP contribution in [0.25, 0.3) is 17.2 Å². The monoisotopic (exact) mass is 468 g/mol. The summed E-state index contributed by atoms with van der Waals surface area (Å²) in [5, 5.41) is 9.14. The molecule has 0 spiro atoms. The number of ether oxygens (including phenoxy) is 1. The topological polar surface area (TPSA) is 62.7 Å². The minimum Gasteiger partial charge on any atom is -0.478 e. The van der Waals surface area contributed by atoms with Crippen LogP contribution in [-0.4, -0.2) is 35.3 Å². The van der Waals surface area contributed by atoms with Crippen molar-refractivity contribution in [2.24, 2.45) is 0 Å². The predicted molar refractivity (Wildman–Crippen MR) is 124 cm³/mol. The van der Waals surface area contributed by atoms with Crippen molar-refractivity contribution in [2.45, 2.75) is 25.6 Å². The van der Waals surface area contributed by atoms with Crippen LogP contribution in [0, 0.1) is 6.92 Å². The van der Waals surface area contributed by atoms with Crippen LogP contribution < -0.4 is 9.64 Å². The fourth-order valence-corrected chi connectivity index (χ4v) is 4.03. The first kappa shape index (κ1) is 23.4. The zero-order valence-corrected chi connectivity index (χ0v) is 18.4. The van der Waals surface area contributed by atoms with Gasteiger partial charge in [-0.1, -0.05) is 30.3 Å². The largest absolute Gasteiger partial charge is 0.478 e. The highest BCUT2D eigenvalue weighted by Gasteiger charge is 2.31. The van der Waals surface area contributed by atoms with Gasteiger partial charge in [0.1, 0.15) is 6.10 Å². The lowest BCUT2D eigenvalue weighted by Gasteiger charge is -2.22. The Morgan fingerprint density at radius 1 is 1.18 bits per heavy atom. The van der Waals surface area contributed by atoms with E-state index in [0.717, 1.165) is 46.3 Å². The van der Waals surface area contributed by atoms with Crippen LogP contribution in [0.4, 0.5) is 18.9 Å². The van der Waals surface area contributed by atoms with Crippen LogP contribution in [0.2, 0.25) is 0 Å². The van der Waals surface area contributed by atoms with Gasteiger partial charge in [-0.15, -0.1) is 0 Å². The molecule has 1 atom stereocenters. The molecule has 1 aliphatic rings. The maximum absolute atomic E-state index is 12.7. The second-order valence-corrected chi connectivity index (χ2v) is 8.12. The number of alkyl halides is 3. The molecule has 1 fully saturated rings. The molecule has 0 amide bonds. The molecule has 0 unspecified atom stereocenters. The third-order valence-corrected chi connectivity index (χ3v) is 5.73. The lowest BCUT2D eigenvalue weighted by molar-refractivity contribution is -0.138. The molecule has 4 rings (SSSR count). The number of aromatic nitrogens is 1. The van der Waals surface area contributed by atoms with Crippen molar-refractivity contribution in [3.8, 4) is 17.0 Å². The molecule has 1 aromatic heterocycles. The SMILES string of the molecule is Cc1ccccc1-c1ccc(N2CC[C@H](Oc3ccc(C(F)(F)F)cn3)C2)c(C=CC(=O)O)c1. The van der Waals surface area contributed by atoms with Gasteiger partial charge < -0.3 is 14.7 Å². The summed E-state index contributed by atoms with van der Waals surface area (Å²) in [5.41, 5.74) is 3.96. The highest BCUT2D eigenvalue weighted by molar-refractivity contribution is 5.88. The summed E-state index contributed by atoms with van der Waals surface area (Å²) in [6, 6.07) is 16.1. The molecule has 2 aromatic carbocycles. The summed E-state index contributed by atoms with van der Waals surface area (Å²) < 4.78 is 44.0. The Balaban J connectivity index is 1.54. The average Bonchev–Trinajstić information content (AvgIpc) is 3.26. The number of pyridine rings is 1. The Morgan fingerprint density at radius 2 is 1.97 bits per heavy atom. The molecule has 0 bridgehead atoms. The van der Waals surface area contributed by atoms with Gasteiger partial charge in [0.05, 0.1) is 12.1 Å². The zero-order valence-electron chi connectivity index (χ0n) is 18.4. The van der Waals surface area contributed by atoms with E-state index < -0.39 is 17.7 Å². The van der Waals surface area contributed by atoms with Crippen molar-refractivity contribution in [1.82, 2.24) is 4.98 Å². The van der Waals surface area contributed by atoms with Crippen LogP contribution in [0.3, 0.4) is 0 Å². The molecule has 0 saturated carbocycles. The van der Waals surface area contributed by atoms with Crippen molar-refractivity contribution in [3.05, 3.63) is 83.6 Å². The van der Waals surface area contributed by atoms with Crippen LogP contribution >= 0.6 is 0 Å².